The molecule has 2 rings (SSSR count). The molecule has 2 aromatic rings. The van der Waals surface area contributed by atoms with Gasteiger partial charge in [-0.2, -0.15) is 0 Å². The molecule has 2 N–H and O–H groups in total. The molecule has 0 aliphatic rings. The highest BCUT2D eigenvalue weighted by Crippen LogP contribution is 2.06. The van der Waals surface area contributed by atoms with Gasteiger partial charge in [0.1, 0.15) is 0 Å². The van der Waals surface area contributed by atoms with Gasteiger partial charge in [0.2, 0.25) is 0 Å². The lowest BCUT2D eigenvalue weighted by Crippen LogP contribution is -2.46. The van der Waals surface area contributed by atoms with Gasteiger partial charge < -0.3 is 4.74 Å². The van der Waals surface area contributed by atoms with E-state index in [0.29, 0.717) is 11.1 Å². The summed E-state index contributed by atoms with van der Waals surface area (Å²) in [5.41, 5.74) is 6.28. The number of nitrogens with one attached hydrogen (secondary N) is 2. The second-order valence-corrected chi connectivity index (χ2v) is 5.22. The fourth-order valence-electron chi connectivity index (χ4n) is 1.85. The molecule has 0 fully saturated rings. The number of rotatable bonds is 4. The summed E-state index contributed by atoms with van der Waals surface area (Å²) < 4.78 is 5.07. The molecule has 0 aliphatic heterocycles. The molecule has 0 saturated heterocycles. The van der Waals surface area contributed by atoms with Gasteiger partial charge in [-0.25, -0.2) is 4.79 Å². The van der Waals surface area contributed by atoms with E-state index in [-0.39, 0.29) is 0 Å². The number of carbonyl (C=O) groups is 3. The zero-order valence-corrected chi connectivity index (χ0v) is 13.4. The minimum absolute atomic E-state index is 0.355. The van der Waals surface area contributed by atoms with Gasteiger partial charge >= 0.3 is 5.97 Å². The Hall–Kier alpha value is -3.15. The predicted molar refractivity (Wildman–Crippen MR) is 88.1 cm³/mol. The molecule has 0 aromatic heterocycles. The zero-order valence-electron chi connectivity index (χ0n) is 13.4. The lowest BCUT2D eigenvalue weighted by Gasteiger charge is -2.14. The number of hydrogen-bond acceptors (Lipinski definition) is 4. The van der Waals surface area contributed by atoms with Crippen LogP contribution in [0, 0.1) is 6.92 Å². The van der Waals surface area contributed by atoms with E-state index in [1.807, 2.05) is 6.92 Å². The SMILES string of the molecule is Cc1ccc(C(=O)O[C@H](C)C(=O)NNC(=O)c2ccccc2)cc1. The standard InChI is InChI=1S/C18H18N2O4/c1-12-8-10-15(11-9-12)18(23)24-13(2)16(21)19-20-17(22)14-6-4-3-5-7-14/h3-11,13H,1-2H3,(H,19,21)(H,20,22)/t13-/m1/s1. The van der Waals surface area contributed by atoms with Crippen molar-refractivity contribution in [3.8, 4) is 0 Å². The van der Waals surface area contributed by atoms with Gasteiger partial charge in [0.15, 0.2) is 6.10 Å². The Labute approximate surface area is 139 Å². The van der Waals surface area contributed by atoms with Crippen molar-refractivity contribution < 1.29 is 19.1 Å². The van der Waals surface area contributed by atoms with E-state index < -0.39 is 23.9 Å². The minimum Gasteiger partial charge on any atom is -0.449 e. The Morgan fingerprint density at radius 1 is 0.875 bits per heavy atom. The number of hydrazine groups is 1. The highest BCUT2D eigenvalue weighted by molar-refractivity contribution is 5.96. The summed E-state index contributed by atoms with van der Waals surface area (Å²) >= 11 is 0. The minimum atomic E-state index is -1.05. The Morgan fingerprint density at radius 2 is 1.50 bits per heavy atom. The zero-order chi connectivity index (χ0) is 17.5. The van der Waals surface area contributed by atoms with Crippen LogP contribution in [-0.2, 0) is 9.53 Å². The van der Waals surface area contributed by atoms with Gasteiger partial charge in [-0.15, -0.1) is 0 Å². The van der Waals surface area contributed by atoms with Crippen molar-refractivity contribution in [2.75, 3.05) is 0 Å². The van der Waals surface area contributed by atoms with Crippen molar-refractivity contribution in [1.82, 2.24) is 10.9 Å². The fourth-order valence-corrected chi connectivity index (χ4v) is 1.85. The normalized spacial score (nSPS) is 11.2. The second kappa shape index (κ2) is 7.92. The number of aryl methyl sites for hydroxylation is 1. The maximum absolute atomic E-state index is 11.9. The molecule has 6 nitrogen and oxygen atoms in total. The molecule has 0 radical (unpaired) electrons. The number of hydrogen-bond donors (Lipinski definition) is 2. The van der Waals surface area contributed by atoms with Crippen LogP contribution in [0.5, 0.6) is 0 Å². The van der Waals surface area contributed by atoms with Crippen LogP contribution in [0.4, 0.5) is 0 Å². The van der Waals surface area contributed by atoms with Crippen molar-refractivity contribution in [1.29, 1.82) is 0 Å². The number of carbonyl (C=O) groups excluding carboxylic acids is 3. The van der Waals surface area contributed by atoms with Crippen molar-refractivity contribution in [3.05, 3.63) is 71.3 Å². The maximum atomic E-state index is 11.9. The number of esters is 1. The smallest absolute Gasteiger partial charge is 0.338 e. The molecule has 2 amide bonds. The molecule has 0 heterocycles. The molecule has 0 saturated carbocycles. The molecular weight excluding hydrogens is 308 g/mol. The second-order valence-electron chi connectivity index (χ2n) is 5.22. The first-order valence-corrected chi connectivity index (χ1v) is 7.40. The van der Waals surface area contributed by atoms with Crippen LogP contribution in [-0.4, -0.2) is 23.9 Å². The van der Waals surface area contributed by atoms with E-state index >= 15 is 0 Å². The monoisotopic (exact) mass is 326 g/mol. The van der Waals surface area contributed by atoms with E-state index in [2.05, 4.69) is 10.9 Å². The summed E-state index contributed by atoms with van der Waals surface area (Å²) in [6, 6.07) is 15.2. The summed E-state index contributed by atoms with van der Waals surface area (Å²) in [6.45, 7) is 3.33. The first kappa shape index (κ1) is 17.2. The molecule has 0 bridgehead atoms. The van der Waals surface area contributed by atoms with Crippen LogP contribution < -0.4 is 10.9 Å². The molecule has 0 aliphatic carbocycles. The maximum Gasteiger partial charge on any atom is 0.338 e. The van der Waals surface area contributed by atoms with E-state index in [0.717, 1.165) is 5.56 Å². The third-order valence-electron chi connectivity index (χ3n) is 3.28. The Kier molecular flexibility index (Phi) is 5.68. The third-order valence-corrected chi connectivity index (χ3v) is 3.28. The van der Waals surface area contributed by atoms with Gasteiger partial charge in [-0.1, -0.05) is 35.9 Å². The van der Waals surface area contributed by atoms with E-state index in [9.17, 15) is 14.4 Å². The molecule has 0 unspecified atom stereocenters. The van der Waals surface area contributed by atoms with Crippen molar-refractivity contribution in [2.24, 2.45) is 0 Å². The highest BCUT2D eigenvalue weighted by Gasteiger charge is 2.19. The van der Waals surface area contributed by atoms with E-state index in [1.165, 1.54) is 6.92 Å². The van der Waals surface area contributed by atoms with Crippen molar-refractivity contribution in [2.45, 2.75) is 20.0 Å². The molecule has 124 valence electrons. The average molecular weight is 326 g/mol. The van der Waals surface area contributed by atoms with Crippen LogP contribution in [0.3, 0.4) is 0 Å². The number of ether oxygens (including phenoxy) is 1. The summed E-state index contributed by atoms with van der Waals surface area (Å²) in [5.74, 6) is -1.69. The average Bonchev–Trinajstić information content (AvgIpc) is 2.60. The lowest BCUT2D eigenvalue weighted by molar-refractivity contribution is -0.129. The van der Waals surface area contributed by atoms with Gasteiger partial charge in [-0.3, -0.25) is 20.4 Å². The van der Waals surface area contributed by atoms with Crippen LogP contribution in [0.1, 0.15) is 33.2 Å². The summed E-state index contributed by atoms with van der Waals surface area (Å²) in [4.78, 5) is 35.7. The first-order valence-electron chi connectivity index (χ1n) is 7.40. The van der Waals surface area contributed by atoms with Crippen LogP contribution in [0.2, 0.25) is 0 Å². The number of benzene rings is 2. The topological polar surface area (TPSA) is 84.5 Å². The van der Waals surface area contributed by atoms with Crippen LogP contribution >= 0.6 is 0 Å². The Morgan fingerprint density at radius 3 is 2.12 bits per heavy atom. The number of amides is 2. The molecule has 2 aromatic carbocycles. The molecule has 1 atom stereocenters. The fraction of sp³-hybridized carbons (Fsp3) is 0.167. The molecule has 6 heteroatoms. The quantitative estimate of drug-likeness (QED) is 0.665. The van der Waals surface area contributed by atoms with Crippen molar-refractivity contribution >= 4 is 17.8 Å². The molecule has 0 spiro atoms. The molecular formula is C18H18N2O4. The lowest BCUT2D eigenvalue weighted by atomic mass is 10.1. The highest BCUT2D eigenvalue weighted by atomic mass is 16.5. The summed E-state index contributed by atoms with van der Waals surface area (Å²) in [6.07, 6.45) is -1.05. The molecule has 24 heavy (non-hydrogen) atoms. The Balaban J connectivity index is 1.84. The van der Waals surface area contributed by atoms with Gasteiger partial charge in [0, 0.05) is 5.56 Å². The third kappa shape index (κ3) is 4.67. The first-order chi connectivity index (χ1) is 11.5. The van der Waals surface area contributed by atoms with E-state index in [1.54, 1.807) is 54.6 Å². The van der Waals surface area contributed by atoms with Gasteiger partial charge in [0.05, 0.1) is 5.56 Å². The largest absolute Gasteiger partial charge is 0.449 e. The summed E-state index contributed by atoms with van der Waals surface area (Å²) in [5, 5.41) is 0. The predicted octanol–water partition coefficient (Wildman–Crippen LogP) is 2.00. The van der Waals surface area contributed by atoms with Gasteiger partial charge in [-0.05, 0) is 38.1 Å². The van der Waals surface area contributed by atoms with Crippen molar-refractivity contribution in [3.63, 3.8) is 0 Å². The van der Waals surface area contributed by atoms with Crippen LogP contribution in [0.15, 0.2) is 54.6 Å². The Bertz CT molecular complexity index is 726. The van der Waals surface area contributed by atoms with Crippen LogP contribution in [0.25, 0.3) is 0 Å². The van der Waals surface area contributed by atoms with E-state index in [4.69, 9.17) is 4.74 Å². The summed E-state index contributed by atoms with van der Waals surface area (Å²) in [7, 11) is 0. The van der Waals surface area contributed by atoms with Gasteiger partial charge in [0.25, 0.3) is 11.8 Å².